The van der Waals surface area contributed by atoms with Gasteiger partial charge in [-0.05, 0) is 53.2 Å². The Hall–Kier alpha value is 0.440. The molecule has 1 aromatic rings. The fourth-order valence-corrected chi connectivity index (χ4v) is 5.64. The van der Waals surface area contributed by atoms with Gasteiger partial charge in [-0.1, -0.05) is 22.4 Å². The molecular weight excluding hydrogens is 414 g/mol. The number of nitrogens with one attached hydrogen (secondary N) is 1. The van der Waals surface area contributed by atoms with Crippen LogP contribution in [0.2, 0.25) is 0 Å². The topological polar surface area (TPSA) is 46.2 Å². The number of hydrogen-bond acceptors (Lipinski definition) is 3. The lowest BCUT2D eigenvalue weighted by atomic mass is 9.84. The number of hydrogen-bond donors (Lipinski definition) is 1. The molecule has 0 heterocycles. The lowest BCUT2D eigenvalue weighted by Crippen LogP contribution is -2.45. The van der Waals surface area contributed by atoms with Crippen LogP contribution in [0.4, 0.5) is 0 Å². The fraction of sp³-hybridized carbons (Fsp3) is 0.500. The van der Waals surface area contributed by atoms with Gasteiger partial charge in [0.2, 0.25) is 10.0 Å². The summed E-state index contributed by atoms with van der Waals surface area (Å²) in [5.74, 6) is 0. The number of sulfonamides is 1. The van der Waals surface area contributed by atoms with E-state index in [1.165, 1.54) is 6.42 Å². The van der Waals surface area contributed by atoms with Crippen molar-refractivity contribution in [1.82, 2.24) is 4.72 Å². The van der Waals surface area contributed by atoms with E-state index in [1.54, 1.807) is 30.0 Å². The molecule has 0 atom stereocenters. The van der Waals surface area contributed by atoms with Crippen LogP contribution in [-0.2, 0) is 10.0 Å². The third kappa shape index (κ3) is 3.56. The van der Waals surface area contributed by atoms with Crippen LogP contribution in [0.1, 0.15) is 19.3 Å². The Balaban J connectivity index is 2.16. The van der Waals surface area contributed by atoms with Crippen molar-refractivity contribution in [2.45, 2.75) is 28.9 Å². The molecule has 0 aromatic heterocycles. The molecule has 1 fully saturated rings. The molecule has 1 N–H and O–H groups in total. The second-order valence-corrected chi connectivity index (χ2v) is 9.42. The van der Waals surface area contributed by atoms with Gasteiger partial charge in [-0.15, -0.1) is 0 Å². The Labute approximate surface area is 135 Å². The number of benzene rings is 1. The Morgan fingerprint density at radius 1 is 1.37 bits per heavy atom. The molecule has 1 saturated carbocycles. The van der Waals surface area contributed by atoms with Crippen LogP contribution in [0.5, 0.6) is 0 Å². The zero-order valence-electron chi connectivity index (χ0n) is 10.4. The first-order valence-electron chi connectivity index (χ1n) is 5.88. The maximum atomic E-state index is 12.3. The van der Waals surface area contributed by atoms with Crippen molar-refractivity contribution in [3.05, 3.63) is 27.1 Å². The highest BCUT2D eigenvalue weighted by Crippen LogP contribution is 2.42. The molecule has 0 aliphatic heterocycles. The Kier molecular flexibility index (Phi) is 5.04. The average Bonchev–Trinajstić information content (AvgIpc) is 2.31. The molecule has 1 aliphatic rings. The van der Waals surface area contributed by atoms with E-state index >= 15 is 0 Å². The second kappa shape index (κ2) is 6.05. The van der Waals surface area contributed by atoms with Gasteiger partial charge in [0.25, 0.3) is 0 Å². The summed E-state index contributed by atoms with van der Waals surface area (Å²) in [6, 6.07) is 5.14. The SMILES string of the molecule is CSC1(CNS(=O)(=O)c2cc(Br)ccc2Br)CCC1. The second-order valence-electron chi connectivity index (χ2n) is 4.64. The third-order valence-electron chi connectivity index (χ3n) is 3.46. The summed E-state index contributed by atoms with van der Waals surface area (Å²) in [4.78, 5) is 0.275. The third-order valence-corrected chi connectivity index (χ3v) is 7.77. The highest BCUT2D eigenvalue weighted by molar-refractivity contribution is 9.11. The maximum absolute atomic E-state index is 12.3. The van der Waals surface area contributed by atoms with E-state index in [4.69, 9.17) is 0 Å². The largest absolute Gasteiger partial charge is 0.241 e. The highest BCUT2D eigenvalue weighted by atomic mass is 79.9. The molecule has 7 heteroatoms. The molecule has 3 nitrogen and oxygen atoms in total. The van der Waals surface area contributed by atoms with Crippen molar-refractivity contribution in [3.8, 4) is 0 Å². The Bertz CT molecular complexity index is 566. The zero-order chi connectivity index (χ0) is 14.1. The number of halogens is 2. The van der Waals surface area contributed by atoms with E-state index in [0.29, 0.717) is 11.0 Å². The van der Waals surface area contributed by atoms with Crippen molar-refractivity contribution >= 4 is 53.6 Å². The maximum Gasteiger partial charge on any atom is 0.241 e. The van der Waals surface area contributed by atoms with Crippen LogP contribution < -0.4 is 4.72 Å². The average molecular weight is 429 g/mol. The summed E-state index contributed by atoms with van der Waals surface area (Å²) in [7, 11) is -3.47. The molecule has 0 spiro atoms. The molecule has 0 bridgehead atoms. The predicted molar refractivity (Wildman–Crippen MR) is 87.1 cm³/mol. The molecule has 2 rings (SSSR count). The lowest BCUT2D eigenvalue weighted by molar-refractivity contribution is 0.362. The fourth-order valence-electron chi connectivity index (χ4n) is 2.01. The minimum atomic E-state index is -3.47. The van der Waals surface area contributed by atoms with E-state index in [9.17, 15) is 8.42 Å². The van der Waals surface area contributed by atoms with Gasteiger partial charge < -0.3 is 0 Å². The summed E-state index contributed by atoms with van der Waals surface area (Å²) in [6.07, 6.45) is 5.39. The van der Waals surface area contributed by atoms with Gasteiger partial charge in [0, 0.05) is 20.2 Å². The monoisotopic (exact) mass is 427 g/mol. The predicted octanol–water partition coefficient (Wildman–Crippen LogP) is 3.78. The molecule has 0 radical (unpaired) electrons. The van der Waals surface area contributed by atoms with E-state index < -0.39 is 10.0 Å². The van der Waals surface area contributed by atoms with Crippen LogP contribution in [0, 0.1) is 0 Å². The normalized spacial score (nSPS) is 18.1. The highest BCUT2D eigenvalue weighted by Gasteiger charge is 2.37. The Morgan fingerprint density at radius 2 is 2.05 bits per heavy atom. The van der Waals surface area contributed by atoms with E-state index in [2.05, 4.69) is 36.6 Å². The first-order chi connectivity index (χ1) is 8.88. The van der Waals surface area contributed by atoms with Crippen LogP contribution in [0.3, 0.4) is 0 Å². The van der Waals surface area contributed by atoms with Crippen LogP contribution in [0.15, 0.2) is 32.0 Å². The quantitative estimate of drug-likeness (QED) is 0.776. The summed E-state index contributed by atoms with van der Waals surface area (Å²) in [5.41, 5.74) is 0. The minimum absolute atomic E-state index is 0.0888. The molecule has 19 heavy (non-hydrogen) atoms. The summed E-state index contributed by atoms with van der Waals surface area (Å²) in [5, 5.41) is 0. The van der Waals surface area contributed by atoms with Gasteiger partial charge in [0.15, 0.2) is 0 Å². The van der Waals surface area contributed by atoms with Crippen molar-refractivity contribution in [2.75, 3.05) is 12.8 Å². The smallest absolute Gasteiger partial charge is 0.210 e. The van der Waals surface area contributed by atoms with Crippen molar-refractivity contribution in [3.63, 3.8) is 0 Å². The van der Waals surface area contributed by atoms with E-state index in [1.807, 2.05) is 6.26 Å². The standard InChI is InChI=1S/C12H15Br2NO2S2/c1-18-12(5-2-6-12)8-15-19(16,17)11-7-9(13)3-4-10(11)14/h3-4,7,15H,2,5-6,8H2,1H3. The van der Waals surface area contributed by atoms with Gasteiger partial charge in [-0.3, -0.25) is 0 Å². The number of thioether (sulfide) groups is 1. The molecule has 0 amide bonds. The molecule has 106 valence electrons. The zero-order valence-corrected chi connectivity index (χ0v) is 15.3. The summed E-state index contributed by atoms with van der Waals surface area (Å²) >= 11 is 8.34. The molecular formula is C12H15Br2NO2S2. The van der Waals surface area contributed by atoms with Crippen LogP contribution in [-0.4, -0.2) is 26.0 Å². The summed E-state index contributed by atoms with van der Waals surface area (Å²) in [6.45, 7) is 0.495. The van der Waals surface area contributed by atoms with Gasteiger partial charge in [0.05, 0.1) is 4.90 Å². The lowest BCUT2D eigenvalue weighted by Gasteiger charge is -2.40. The number of rotatable bonds is 5. The molecule has 1 aromatic carbocycles. The van der Waals surface area contributed by atoms with Gasteiger partial charge in [-0.25, -0.2) is 13.1 Å². The molecule has 0 saturated heterocycles. The first kappa shape index (κ1) is 15.8. The van der Waals surface area contributed by atoms with Gasteiger partial charge in [0.1, 0.15) is 0 Å². The Morgan fingerprint density at radius 3 is 2.58 bits per heavy atom. The summed E-state index contributed by atoms with van der Waals surface area (Å²) < 4.78 is 28.8. The van der Waals surface area contributed by atoms with Crippen molar-refractivity contribution < 1.29 is 8.42 Å². The molecule has 0 unspecified atom stereocenters. The molecule has 1 aliphatic carbocycles. The van der Waals surface area contributed by atoms with E-state index in [0.717, 1.165) is 17.3 Å². The minimum Gasteiger partial charge on any atom is -0.210 e. The van der Waals surface area contributed by atoms with Crippen molar-refractivity contribution in [2.24, 2.45) is 0 Å². The van der Waals surface area contributed by atoms with Gasteiger partial charge >= 0.3 is 0 Å². The van der Waals surface area contributed by atoms with Gasteiger partial charge in [-0.2, -0.15) is 11.8 Å². The van der Waals surface area contributed by atoms with Crippen molar-refractivity contribution in [1.29, 1.82) is 0 Å². The first-order valence-corrected chi connectivity index (χ1v) is 10.2. The van der Waals surface area contributed by atoms with Crippen LogP contribution in [0.25, 0.3) is 0 Å². The van der Waals surface area contributed by atoms with Crippen LogP contribution >= 0.6 is 43.6 Å². The van der Waals surface area contributed by atoms with E-state index in [-0.39, 0.29) is 9.64 Å².